The van der Waals surface area contributed by atoms with Gasteiger partial charge in [0.1, 0.15) is 0 Å². The first-order valence-electron chi connectivity index (χ1n) is 9.85. The monoisotopic (exact) mass is 332 g/mol. The highest BCUT2D eigenvalue weighted by atomic mass is 16.5. The molecule has 0 amide bonds. The molecule has 2 nitrogen and oxygen atoms in total. The fraction of sp³-hybridized carbons (Fsp3) is 0.682. The number of hydrogen-bond acceptors (Lipinski definition) is 2. The first-order chi connectivity index (χ1) is 11.6. The molecule has 2 heteroatoms. The van der Waals surface area contributed by atoms with Gasteiger partial charge in [-0.15, -0.1) is 0 Å². The van der Waals surface area contributed by atoms with E-state index in [1.165, 1.54) is 50.5 Å². The largest absolute Gasteiger partial charge is 0.465 e. The minimum Gasteiger partial charge on any atom is -0.465 e. The lowest BCUT2D eigenvalue weighted by Gasteiger charge is -2.19. The molecule has 1 rings (SSSR count). The van der Waals surface area contributed by atoms with Crippen molar-refractivity contribution >= 4 is 5.97 Å². The second-order valence-corrected chi connectivity index (χ2v) is 7.18. The van der Waals surface area contributed by atoms with E-state index in [1.807, 2.05) is 18.2 Å². The number of carbonyl (C=O) groups excluding carboxylic acids is 1. The number of rotatable bonds is 13. The Hall–Kier alpha value is -1.31. The minimum absolute atomic E-state index is 0.0307. The van der Waals surface area contributed by atoms with Crippen LogP contribution < -0.4 is 0 Å². The van der Waals surface area contributed by atoms with Crippen molar-refractivity contribution in [2.75, 3.05) is 6.61 Å². The summed E-state index contributed by atoms with van der Waals surface area (Å²) in [4.78, 5) is 12.4. The Balaban J connectivity index is 2.19. The van der Waals surface area contributed by atoms with E-state index >= 15 is 0 Å². The molecule has 0 fully saturated rings. The Morgan fingerprint density at radius 2 is 1.50 bits per heavy atom. The molecule has 0 aliphatic carbocycles. The smallest absolute Gasteiger partial charge is 0.309 e. The molecule has 136 valence electrons. The van der Waals surface area contributed by atoms with Gasteiger partial charge in [0.25, 0.3) is 0 Å². The molecule has 0 N–H and O–H groups in total. The average Bonchev–Trinajstić information content (AvgIpc) is 2.58. The van der Waals surface area contributed by atoms with Crippen LogP contribution in [0.1, 0.15) is 77.7 Å². The molecular weight excluding hydrogens is 296 g/mol. The predicted octanol–water partition coefficient (Wildman–Crippen LogP) is 6.19. The minimum atomic E-state index is -0.0403. The van der Waals surface area contributed by atoms with Crippen molar-refractivity contribution < 1.29 is 9.53 Å². The van der Waals surface area contributed by atoms with Gasteiger partial charge in [-0.25, -0.2) is 0 Å². The van der Waals surface area contributed by atoms with E-state index in [1.54, 1.807) is 0 Å². The molecule has 0 radical (unpaired) electrons. The van der Waals surface area contributed by atoms with Crippen molar-refractivity contribution in [1.82, 2.24) is 0 Å². The predicted molar refractivity (Wildman–Crippen MR) is 102 cm³/mol. The van der Waals surface area contributed by atoms with Gasteiger partial charge in [-0.1, -0.05) is 96.0 Å². The summed E-state index contributed by atoms with van der Waals surface area (Å²) in [6.07, 6.45) is 10.9. The van der Waals surface area contributed by atoms with E-state index in [0.29, 0.717) is 12.5 Å². The molecule has 24 heavy (non-hydrogen) atoms. The summed E-state index contributed by atoms with van der Waals surface area (Å²) in [5.41, 5.74) is 1.21. The second-order valence-electron chi connectivity index (χ2n) is 7.18. The van der Waals surface area contributed by atoms with E-state index in [4.69, 9.17) is 4.74 Å². The third-order valence-electron chi connectivity index (χ3n) is 4.65. The van der Waals surface area contributed by atoms with Gasteiger partial charge >= 0.3 is 5.97 Å². The van der Waals surface area contributed by atoms with Crippen LogP contribution in [-0.4, -0.2) is 12.6 Å². The summed E-state index contributed by atoms with van der Waals surface area (Å²) in [7, 11) is 0. The average molecular weight is 333 g/mol. The van der Waals surface area contributed by atoms with Gasteiger partial charge in [0.2, 0.25) is 0 Å². The van der Waals surface area contributed by atoms with Crippen molar-refractivity contribution in [2.24, 2.45) is 11.8 Å². The maximum atomic E-state index is 12.4. The zero-order valence-electron chi connectivity index (χ0n) is 15.9. The zero-order valence-corrected chi connectivity index (χ0v) is 15.9. The lowest BCUT2D eigenvalue weighted by Crippen LogP contribution is -2.25. The van der Waals surface area contributed by atoms with Gasteiger partial charge in [0.15, 0.2) is 0 Å². The Morgan fingerprint density at radius 1 is 0.917 bits per heavy atom. The molecule has 0 saturated carbocycles. The van der Waals surface area contributed by atoms with E-state index in [0.717, 1.165) is 12.8 Å². The number of unbranched alkanes of at least 4 members (excludes halogenated alkanes) is 7. The standard InChI is InChI=1S/C22H36O2/c1-4-5-6-7-8-9-10-14-17-24-22(23)21(19(2)3)18-20-15-12-11-13-16-20/h11-13,15-16,19,21H,4-10,14,17-18H2,1-3H3. The fourth-order valence-corrected chi connectivity index (χ4v) is 2.97. The molecule has 1 unspecified atom stereocenters. The molecule has 1 atom stereocenters. The van der Waals surface area contributed by atoms with Crippen LogP contribution in [-0.2, 0) is 16.0 Å². The maximum absolute atomic E-state index is 12.4. The number of hydrogen-bond donors (Lipinski definition) is 0. The molecule has 0 saturated heterocycles. The lowest BCUT2D eigenvalue weighted by atomic mass is 9.89. The van der Waals surface area contributed by atoms with E-state index in [9.17, 15) is 4.79 Å². The lowest BCUT2D eigenvalue weighted by molar-refractivity contribution is -0.150. The first-order valence-corrected chi connectivity index (χ1v) is 9.85. The summed E-state index contributed by atoms with van der Waals surface area (Å²) >= 11 is 0. The molecule has 0 aliphatic heterocycles. The molecule has 0 aromatic heterocycles. The van der Waals surface area contributed by atoms with Crippen molar-refractivity contribution in [3.8, 4) is 0 Å². The third-order valence-corrected chi connectivity index (χ3v) is 4.65. The van der Waals surface area contributed by atoms with Crippen LogP contribution in [0.25, 0.3) is 0 Å². The summed E-state index contributed by atoms with van der Waals surface area (Å²) < 4.78 is 5.54. The Kier molecular flexibility index (Phi) is 11.3. The number of ether oxygens (including phenoxy) is 1. The molecule has 1 aromatic rings. The summed E-state index contributed by atoms with van der Waals surface area (Å²) in [5, 5.41) is 0. The van der Waals surface area contributed by atoms with Crippen LogP contribution in [0.3, 0.4) is 0 Å². The van der Waals surface area contributed by atoms with Crippen LogP contribution in [0.4, 0.5) is 0 Å². The molecular formula is C22H36O2. The van der Waals surface area contributed by atoms with Crippen LogP contribution in [0.2, 0.25) is 0 Å². The Morgan fingerprint density at radius 3 is 2.08 bits per heavy atom. The normalized spacial score (nSPS) is 12.3. The van der Waals surface area contributed by atoms with Crippen LogP contribution >= 0.6 is 0 Å². The van der Waals surface area contributed by atoms with Gasteiger partial charge in [-0.3, -0.25) is 4.79 Å². The Bertz CT molecular complexity index is 425. The highest BCUT2D eigenvalue weighted by Crippen LogP contribution is 2.19. The number of esters is 1. The highest BCUT2D eigenvalue weighted by molar-refractivity contribution is 5.73. The molecule has 1 aromatic carbocycles. The zero-order chi connectivity index (χ0) is 17.6. The van der Waals surface area contributed by atoms with Crippen LogP contribution in [0.15, 0.2) is 30.3 Å². The van der Waals surface area contributed by atoms with Crippen LogP contribution in [0.5, 0.6) is 0 Å². The van der Waals surface area contributed by atoms with Gasteiger partial charge in [-0.2, -0.15) is 0 Å². The van der Waals surface area contributed by atoms with Crippen molar-refractivity contribution in [3.63, 3.8) is 0 Å². The topological polar surface area (TPSA) is 26.3 Å². The third kappa shape index (κ3) is 9.10. The highest BCUT2D eigenvalue weighted by Gasteiger charge is 2.23. The molecule has 0 spiro atoms. The summed E-state index contributed by atoms with van der Waals surface area (Å²) in [6, 6.07) is 10.2. The van der Waals surface area contributed by atoms with E-state index in [-0.39, 0.29) is 11.9 Å². The molecule has 0 aliphatic rings. The summed E-state index contributed by atoms with van der Waals surface area (Å²) in [6.45, 7) is 7.03. The molecule has 0 bridgehead atoms. The van der Waals surface area contributed by atoms with Crippen LogP contribution in [0, 0.1) is 11.8 Å². The van der Waals surface area contributed by atoms with Gasteiger partial charge in [0, 0.05) is 0 Å². The first kappa shape index (κ1) is 20.7. The quantitative estimate of drug-likeness (QED) is 0.318. The fourth-order valence-electron chi connectivity index (χ4n) is 2.97. The summed E-state index contributed by atoms with van der Waals surface area (Å²) in [5.74, 6) is 0.231. The van der Waals surface area contributed by atoms with Gasteiger partial charge in [-0.05, 0) is 24.3 Å². The molecule has 0 heterocycles. The maximum Gasteiger partial charge on any atom is 0.309 e. The van der Waals surface area contributed by atoms with Gasteiger partial charge in [0.05, 0.1) is 12.5 Å². The van der Waals surface area contributed by atoms with Crippen molar-refractivity contribution in [1.29, 1.82) is 0 Å². The van der Waals surface area contributed by atoms with Crippen molar-refractivity contribution in [3.05, 3.63) is 35.9 Å². The van der Waals surface area contributed by atoms with Gasteiger partial charge < -0.3 is 4.74 Å². The van der Waals surface area contributed by atoms with Crippen molar-refractivity contribution in [2.45, 2.75) is 78.6 Å². The number of carbonyl (C=O) groups is 1. The number of benzene rings is 1. The Labute approximate surface area is 149 Å². The van der Waals surface area contributed by atoms with E-state index in [2.05, 4.69) is 32.9 Å². The van der Waals surface area contributed by atoms with E-state index < -0.39 is 0 Å². The second kappa shape index (κ2) is 13.0. The SMILES string of the molecule is CCCCCCCCCCOC(=O)C(Cc1ccccc1)C(C)C.